The molecule has 1 aromatic heterocycles. The fraction of sp³-hybridized carbons (Fsp3) is 0.304. The first kappa shape index (κ1) is 18.4. The molecule has 0 radical (unpaired) electrons. The van der Waals surface area contributed by atoms with Gasteiger partial charge in [-0.2, -0.15) is 0 Å². The fourth-order valence-corrected chi connectivity index (χ4v) is 3.83. The van der Waals surface area contributed by atoms with Crippen LogP contribution in [0.15, 0.2) is 51.7 Å². The summed E-state index contributed by atoms with van der Waals surface area (Å²) in [5, 5.41) is 0.507. The van der Waals surface area contributed by atoms with E-state index >= 15 is 0 Å². The number of carbonyl (C=O) groups is 1. The second-order valence-electron chi connectivity index (χ2n) is 7.33. The van der Waals surface area contributed by atoms with E-state index in [1.54, 1.807) is 24.1 Å². The molecular weight excluding hydrogens is 354 g/mol. The van der Waals surface area contributed by atoms with Crippen LogP contribution in [0, 0.1) is 13.8 Å². The standard InChI is InChI=1S/C23H23NO4/c1-14-5-8-16(9-6-14)20-19-21(25)17-10-7-15(2)13-18(17)28-22(19)23(26)24(20)11-4-12-27-3/h5-10,13,20H,4,11-12H2,1-3H3/t20-/m1/s1. The van der Waals surface area contributed by atoms with Crippen molar-refractivity contribution in [1.29, 1.82) is 0 Å². The van der Waals surface area contributed by atoms with Gasteiger partial charge in [0, 0.05) is 20.3 Å². The maximum Gasteiger partial charge on any atom is 0.290 e. The summed E-state index contributed by atoms with van der Waals surface area (Å²) in [7, 11) is 1.64. The highest BCUT2D eigenvalue weighted by Crippen LogP contribution is 2.38. The van der Waals surface area contributed by atoms with E-state index in [1.165, 1.54) is 0 Å². The van der Waals surface area contributed by atoms with Crippen molar-refractivity contribution < 1.29 is 13.9 Å². The molecule has 0 N–H and O–H groups in total. The number of aryl methyl sites for hydroxylation is 2. The van der Waals surface area contributed by atoms with Crippen LogP contribution in [0.4, 0.5) is 0 Å². The Morgan fingerprint density at radius 3 is 2.46 bits per heavy atom. The molecule has 28 heavy (non-hydrogen) atoms. The summed E-state index contributed by atoms with van der Waals surface area (Å²) in [5.41, 5.74) is 3.77. The van der Waals surface area contributed by atoms with E-state index in [1.807, 2.05) is 44.2 Å². The molecule has 1 aliphatic rings. The summed E-state index contributed by atoms with van der Waals surface area (Å²) < 4.78 is 11.1. The average Bonchev–Trinajstić information content (AvgIpc) is 2.95. The molecule has 2 aromatic carbocycles. The zero-order valence-electron chi connectivity index (χ0n) is 16.3. The van der Waals surface area contributed by atoms with Crippen molar-refractivity contribution in [2.45, 2.75) is 26.3 Å². The molecule has 0 spiro atoms. The molecule has 1 atom stereocenters. The Bertz CT molecular complexity index is 1100. The van der Waals surface area contributed by atoms with Crippen LogP contribution in [0.5, 0.6) is 0 Å². The van der Waals surface area contributed by atoms with Gasteiger partial charge in [0.05, 0.1) is 17.0 Å². The maximum absolute atomic E-state index is 13.3. The van der Waals surface area contributed by atoms with Crippen LogP contribution >= 0.6 is 0 Å². The van der Waals surface area contributed by atoms with E-state index < -0.39 is 6.04 Å². The topological polar surface area (TPSA) is 59.8 Å². The lowest BCUT2D eigenvalue weighted by Gasteiger charge is -2.25. The van der Waals surface area contributed by atoms with Crippen LogP contribution in [0.1, 0.15) is 45.3 Å². The minimum absolute atomic E-state index is 0.135. The molecule has 0 saturated heterocycles. The first-order valence-electron chi connectivity index (χ1n) is 9.45. The summed E-state index contributed by atoms with van der Waals surface area (Å²) in [6.07, 6.45) is 0.686. The number of methoxy groups -OCH3 is 1. The van der Waals surface area contributed by atoms with Gasteiger partial charge in [-0.25, -0.2) is 0 Å². The minimum Gasteiger partial charge on any atom is -0.450 e. The van der Waals surface area contributed by atoms with Crippen molar-refractivity contribution in [2.24, 2.45) is 0 Å². The van der Waals surface area contributed by atoms with Crippen LogP contribution < -0.4 is 5.43 Å². The number of ether oxygens (including phenoxy) is 1. The van der Waals surface area contributed by atoms with Gasteiger partial charge in [-0.15, -0.1) is 0 Å². The van der Waals surface area contributed by atoms with Gasteiger partial charge in [0.15, 0.2) is 5.43 Å². The second kappa shape index (κ2) is 7.24. The molecular formula is C23H23NO4. The number of rotatable bonds is 5. The van der Waals surface area contributed by atoms with Crippen LogP contribution in [0.2, 0.25) is 0 Å². The first-order chi connectivity index (χ1) is 13.5. The van der Waals surface area contributed by atoms with E-state index in [-0.39, 0.29) is 17.1 Å². The van der Waals surface area contributed by atoms with E-state index in [0.717, 1.165) is 16.7 Å². The third-order valence-corrected chi connectivity index (χ3v) is 5.26. The highest BCUT2D eigenvalue weighted by molar-refractivity contribution is 5.99. The van der Waals surface area contributed by atoms with Crippen LogP contribution in [-0.2, 0) is 4.74 Å². The van der Waals surface area contributed by atoms with Crippen molar-refractivity contribution in [1.82, 2.24) is 4.90 Å². The molecule has 0 unspecified atom stereocenters. The second-order valence-corrected chi connectivity index (χ2v) is 7.33. The molecule has 1 aliphatic heterocycles. The molecule has 2 heterocycles. The fourth-order valence-electron chi connectivity index (χ4n) is 3.83. The molecule has 0 fully saturated rings. The summed E-state index contributed by atoms with van der Waals surface area (Å²) in [6, 6.07) is 13.0. The molecule has 5 heteroatoms. The third-order valence-electron chi connectivity index (χ3n) is 5.26. The molecule has 1 amide bonds. The summed E-state index contributed by atoms with van der Waals surface area (Å²) >= 11 is 0. The summed E-state index contributed by atoms with van der Waals surface area (Å²) in [4.78, 5) is 28.2. The number of hydrogen-bond donors (Lipinski definition) is 0. The van der Waals surface area contributed by atoms with Gasteiger partial charge in [-0.3, -0.25) is 9.59 Å². The van der Waals surface area contributed by atoms with Crippen molar-refractivity contribution in [3.05, 3.63) is 80.7 Å². The molecule has 4 rings (SSSR count). The lowest BCUT2D eigenvalue weighted by Crippen LogP contribution is -2.31. The van der Waals surface area contributed by atoms with Gasteiger partial charge in [0.2, 0.25) is 5.76 Å². The Labute approximate surface area is 163 Å². The first-order valence-corrected chi connectivity index (χ1v) is 9.45. The van der Waals surface area contributed by atoms with E-state index in [0.29, 0.717) is 36.1 Å². The summed E-state index contributed by atoms with van der Waals surface area (Å²) in [6.45, 7) is 4.98. The molecule has 0 bridgehead atoms. The SMILES string of the molecule is COCCCN1C(=O)c2oc3cc(C)ccc3c(=O)c2[C@H]1c1ccc(C)cc1. The number of nitrogens with zero attached hydrogens (tertiary/aromatic N) is 1. The number of carbonyl (C=O) groups excluding carboxylic acids is 1. The smallest absolute Gasteiger partial charge is 0.290 e. The highest BCUT2D eigenvalue weighted by Gasteiger charge is 2.42. The minimum atomic E-state index is -0.443. The molecule has 0 aliphatic carbocycles. The van der Waals surface area contributed by atoms with Gasteiger partial charge < -0.3 is 14.1 Å². The largest absolute Gasteiger partial charge is 0.450 e. The number of benzene rings is 2. The quantitative estimate of drug-likeness (QED) is 0.631. The lowest BCUT2D eigenvalue weighted by atomic mass is 9.97. The number of fused-ring (bicyclic) bond motifs is 2. The van der Waals surface area contributed by atoms with Gasteiger partial charge in [-0.1, -0.05) is 35.9 Å². The number of hydrogen-bond acceptors (Lipinski definition) is 4. The predicted molar refractivity (Wildman–Crippen MR) is 108 cm³/mol. The predicted octanol–water partition coefficient (Wildman–Crippen LogP) is 3.99. The van der Waals surface area contributed by atoms with Gasteiger partial charge >= 0.3 is 0 Å². The van der Waals surface area contributed by atoms with Crippen LogP contribution in [0.3, 0.4) is 0 Å². The zero-order valence-corrected chi connectivity index (χ0v) is 16.3. The molecule has 144 valence electrons. The zero-order chi connectivity index (χ0) is 19.8. The average molecular weight is 377 g/mol. The molecule has 0 saturated carbocycles. The molecule has 5 nitrogen and oxygen atoms in total. The van der Waals surface area contributed by atoms with Crippen molar-refractivity contribution in [3.8, 4) is 0 Å². The Morgan fingerprint density at radius 2 is 1.75 bits per heavy atom. The number of amides is 1. The Balaban J connectivity index is 1.91. The van der Waals surface area contributed by atoms with Gasteiger partial charge in [-0.05, 0) is 43.5 Å². The van der Waals surface area contributed by atoms with E-state index in [4.69, 9.17) is 9.15 Å². The van der Waals surface area contributed by atoms with Crippen LogP contribution in [0.25, 0.3) is 11.0 Å². The van der Waals surface area contributed by atoms with Crippen molar-refractivity contribution >= 4 is 16.9 Å². The maximum atomic E-state index is 13.3. The van der Waals surface area contributed by atoms with Crippen LogP contribution in [-0.4, -0.2) is 31.1 Å². The normalized spacial score (nSPS) is 16.0. The lowest BCUT2D eigenvalue weighted by molar-refractivity contribution is 0.0708. The van der Waals surface area contributed by atoms with Crippen molar-refractivity contribution in [2.75, 3.05) is 20.3 Å². The van der Waals surface area contributed by atoms with E-state index in [2.05, 4.69) is 0 Å². The molecule has 3 aromatic rings. The summed E-state index contributed by atoms with van der Waals surface area (Å²) in [5.74, 6) is -0.0803. The van der Waals surface area contributed by atoms with Crippen molar-refractivity contribution in [3.63, 3.8) is 0 Å². The third kappa shape index (κ3) is 3.02. The Morgan fingerprint density at radius 1 is 1.04 bits per heavy atom. The highest BCUT2D eigenvalue weighted by atomic mass is 16.5. The van der Waals surface area contributed by atoms with E-state index in [9.17, 15) is 9.59 Å². The van der Waals surface area contributed by atoms with Gasteiger partial charge in [0.1, 0.15) is 5.58 Å². The van der Waals surface area contributed by atoms with Gasteiger partial charge in [0.25, 0.3) is 5.91 Å². The Kier molecular flexibility index (Phi) is 4.77. The monoisotopic (exact) mass is 377 g/mol. The Hall–Kier alpha value is -2.92.